The first-order valence-electron chi connectivity index (χ1n) is 18.4. The summed E-state index contributed by atoms with van der Waals surface area (Å²) in [7, 11) is 0. The number of piperazine rings is 1. The molecule has 2 aliphatic rings. The number of hydrogen-bond donors (Lipinski definition) is 1. The molecule has 2 fully saturated rings. The summed E-state index contributed by atoms with van der Waals surface area (Å²) in [5, 5.41) is 3.55. The van der Waals surface area contributed by atoms with E-state index < -0.39 is 12.1 Å². The van der Waals surface area contributed by atoms with Crippen molar-refractivity contribution in [2.45, 2.75) is 45.4 Å². The van der Waals surface area contributed by atoms with Gasteiger partial charge in [0.2, 0.25) is 5.91 Å². The maximum atomic E-state index is 14.8. The molecule has 0 unspecified atom stereocenters. The molecular formula is C42H47ClF2N4O4. The van der Waals surface area contributed by atoms with Crippen LogP contribution in [0.3, 0.4) is 0 Å². The highest BCUT2D eigenvalue weighted by molar-refractivity contribution is 6.30. The number of amides is 2. The van der Waals surface area contributed by atoms with Crippen molar-refractivity contribution >= 4 is 23.6 Å². The van der Waals surface area contributed by atoms with Gasteiger partial charge < -0.3 is 24.6 Å². The number of piperidine rings is 1. The van der Waals surface area contributed by atoms with Crippen molar-refractivity contribution in [2.75, 3.05) is 52.4 Å². The summed E-state index contributed by atoms with van der Waals surface area (Å²) in [5.74, 6) is -0.266. The Balaban J connectivity index is 1.08. The molecule has 0 aliphatic carbocycles. The molecule has 2 amide bonds. The molecule has 0 aromatic heterocycles. The minimum Gasteiger partial charge on any atom is -0.493 e. The van der Waals surface area contributed by atoms with Crippen LogP contribution in [-0.4, -0.2) is 85.2 Å². The maximum absolute atomic E-state index is 14.8. The van der Waals surface area contributed by atoms with E-state index in [1.165, 1.54) is 12.1 Å². The van der Waals surface area contributed by atoms with Gasteiger partial charge in [0.25, 0.3) is 0 Å². The van der Waals surface area contributed by atoms with Crippen LogP contribution in [0.4, 0.5) is 13.6 Å². The lowest BCUT2D eigenvalue weighted by Gasteiger charge is -2.40. The second-order valence-electron chi connectivity index (χ2n) is 13.6. The number of halogens is 3. The number of likely N-dealkylation sites (tertiary alicyclic amines) is 1. The smallest absolute Gasteiger partial charge is 0.408 e. The van der Waals surface area contributed by atoms with E-state index in [2.05, 4.69) is 15.1 Å². The Labute approximate surface area is 315 Å². The Morgan fingerprint density at radius 1 is 0.830 bits per heavy atom. The third-order valence-electron chi connectivity index (χ3n) is 10.2. The molecule has 2 saturated heterocycles. The monoisotopic (exact) mass is 744 g/mol. The van der Waals surface area contributed by atoms with Gasteiger partial charge in [-0.25, -0.2) is 13.6 Å². The van der Waals surface area contributed by atoms with Crippen molar-refractivity contribution in [3.63, 3.8) is 0 Å². The first kappa shape index (κ1) is 38.2. The topological polar surface area (TPSA) is 74.3 Å². The fourth-order valence-corrected chi connectivity index (χ4v) is 7.50. The minimum atomic E-state index is -0.747. The van der Waals surface area contributed by atoms with Gasteiger partial charge >= 0.3 is 6.09 Å². The highest BCUT2D eigenvalue weighted by atomic mass is 35.5. The van der Waals surface area contributed by atoms with Gasteiger partial charge in [0.05, 0.1) is 6.61 Å². The zero-order chi connectivity index (χ0) is 37.2. The fraction of sp³-hybridized carbons (Fsp3) is 0.381. The van der Waals surface area contributed by atoms with Crippen molar-refractivity contribution < 1.29 is 27.8 Å². The molecule has 0 bridgehead atoms. The Bertz CT molecular complexity index is 1830. The largest absolute Gasteiger partial charge is 0.493 e. The summed E-state index contributed by atoms with van der Waals surface area (Å²) in [5.41, 5.74) is 3.72. The van der Waals surface area contributed by atoms with E-state index in [9.17, 15) is 18.4 Å². The second-order valence-corrected chi connectivity index (χ2v) is 14.1. The number of carbonyl (C=O) groups excluding carboxylic acids is 2. The first-order chi connectivity index (χ1) is 25.8. The molecule has 280 valence electrons. The van der Waals surface area contributed by atoms with E-state index in [1.54, 1.807) is 35.2 Å². The molecule has 8 nitrogen and oxygen atoms in total. The third-order valence-corrected chi connectivity index (χ3v) is 10.5. The van der Waals surface area contributed by atoms with Crippen molar-refractivity contribution in [3.8, 4) is 16.9 Å². The number of ether oxygens (including phenoxy) is 2. The highest BCUT2D eigenvalue weighted by Gasteiger charge is 2.37. The highest BCUT2D eigenvalue weighted by Crippen LogP contribution is 2.30. The number of benzene rings is 4. The molecule has 2 aliphatic heterocycles. The Morgan fingerprint density at radius 3 is 2.28 bits per heavy atom. The van der Waals surface area contributed by atoms with Crippen LogP contribution in [0.5, 0.6) is 5.75 Å². The van der Waals surface area contributed by atoms with E-state index in [-0.39, 0.29) is 30.1 Å². The van der Waals surface area contributed by atoms with Gasteiger partial charge in [-0.3, -0.25) is 9.69 Å². The molecule has 53 heavy (non-hydrogen) atoms. The van der Waals surface area contributed by atoms with Crippen LogP contribution in [-0.2, 0) is 29.1 Å². The van der Waals surface area contributed by atoms with Gasteiger partial charge in [-0.15, -0.1) is 0 Å². The van der Waals surface area contributed by atoms with Gasteiger partial charge in [0.1, 0.15) is 30.0 Å². The molecule has 6 rings (SSSR count). The number of hydrogen-bond acceptors (Lipinski definition) is 6. The molecule has 2 heterocycles. The molecule has 11 heteroatoms. The molecule has 0 saturated carbocycles. The third kappa shape index (κ3) is 10.1. The summed E-state index contributed by atoms with van der Waals surface area (Å²) in [6.45, 7) is 7.06. The van der Waals surface area contributed by atoms with Crippen molar-refractivity contribution in [1.82, 2.24) is 20.0 Å². The lowest BCUT2D eigenvalue weighted by Crippen LogP contribution is -2.58. The van der Waals surface area contributed by atoms with E-state index in [1.807, 2.05) is 55.5 Å². The minimum absolute atomic E-state index is 0.0895. The average Bonchev–Trinajstić information content (AvgIpc) is 3.18. The van der Waals surface area contributed by atoms with Gasteiger partial charge in [-0.05, 0) is 92.2 Å². The van der Waals surface area contributed by atoms with Crippen LogP contribution in [0.2, 0.25) is 5.02 Å². The van der Waals surface area contributed by atoms with Crippen molar-refractivity contribution in [1.29, 1.82) is 0 Å². The fourth-order valence-electron chi connectivity index (χ4n) is 7.30. The molecular weight excluding hydrogens is 698 g/mol. The quantitative estimate of drug-likeness (QED) is 0.152. The van der Waals surface area contributed by atoms with Gasteiger partial charge in [0.15, 0.2) is 0 Å². The van der Waals surface area contributed by atoms with Crippen LogP contribution in [0, 0.1) is 17.6 Å². The molecule has 0 spiro atoms. The van der Waals surface area contributed by atoms with Crippen LogP contribution in [0.15, 0.2) is 91.0 Å². The van der Waals surface area contributed by atoms with E-state index in [4.69, 9.17) is 21.1 Å². The summed E-state index contributed by atoms with van der Waals surface area (Å²) in [6.07, 6.45) is 1.47. The lowest BCUT2D eigenvalue weighted by molar-refractivity contribution is -0.137. The average molecular weight is 745 g/mol. The van der Waals surface area contributed by atoms with E-state index in [0.29, 0.717) is 80.5 Å². The van der Waals surface area contributed by atoms with Crippen LogP contribution < -0.4 is 10.1 Å². The normalized spacial score (nSPS) is 16.3. The van der Waals surface area contributed by atoms with Crippen LogP contribution in [0.25, 0.3) is 11.1 Å². The van der Waals surface area contributed by atoms with Gasteiger partial charge in [-0.1, -0.05) is 72.3 Å². The number of nitrogens with zero attached hydrogens (tertiary/aromatic N) is 3. The number of alkyl carbamates (subject to hydrolysis) is 1. The zero-order valence-electron chi connectivity index (χ0n) is 30.1. The van der Waals surface area contributed by atoms with Crippen LogP contribution in [0.1, 0.15) is 36.5 Å². The molecule has 4 aromatic rings. The van der Waals surface area contributed by atoms with E-state index in [0.717, 1.165) is 36.3 Å². The summed E-state index contributed by atoms with van der Waals surface area (Å²) in [4.78, 5) is 33.6. The van der Waals surface area contributed by atoms with E-state index >= 15 is 0 Å². The first-order valence-corrected chi connectivity index (χ1v) is 18.8. The maximum Gasteiger partial charge on any atom is 0.408 e. The predicted molar refractivity (Wildman–Crippen MR) is 203 cm³/mol. The van der Waals surface area contributed by atoms with Crippen molar-refractivity contribution in [2.24, 2.45) is 5.92 Å². The van der Waals surface area contributed by atoms with Crippen molar-refractivity contribution in [3.05, 3.63) is 124 Å². The SMILES string of the molecule is CCOc1cccc(F)c1CN1CCN(C(=O)[C@H](NC(=O)OCc2ccccc2)C2CCN(CCc3cc(Cl)ccc3-c3ccccc3F)CC2)CC1. The lowest BCUT2D eigenvalue weighted by atomic mass is 9.88. The van der Waals surface area contributed by atoms with Gasteiger partial charge in [0, 0.05) is 55.4 Å². The number of rotatable bonds is 13. The standard InChI is InChI=1S/C42H47ClF2N4O4/c1-2-52-39-14-8-13-38(45)36(39)28-48-23-25-49(26-24-48)41(50)40(46-42(51)53-29-30-9-4-3-5-10-30)31-17-20-47(21-18-31)22-19-32-27-33(43)15-16-34(32)35-11-6-7-12-37(35)44/h3-16,27,31,40H,2,17-26,28-29H2,1H3,(H,46,51)/t40-/m1/s1. The number of carbonyl (C=O) groups is 2. The summed E-state index contributed by atoms with van der Waals surface area (Å²) in [6, 6.07) is 25.9. The zero-order valence-corrected chi connectivity index (χ0v) is 30.9. The van der Waals surface area contributed by atoms with Crippen LogP contribution >= 0.6 is 11.6 Å². The predicted octanol–water partition coefficient (Wildman–Crippen LogP) is 7.58. The summed E-state index contributed by atoms with van der Waals surface area (Å²) >= 11 is 6.37. The summed E-state index contributed by atoms with van der Waals surface area (Å²) < 4.78 is 40.7. The Hall–Kier alpha value is -4.51. The Morgan fingerprint density at radius 2 is 1.55 bits per heavy atom. The molecule has 0 radical (unpaired) electrons. The Kier molecular flexibility index (Phi) is 13.3. The van der Waals surface area contributed by atoms with Gasteiger partial charge in [-0.2, -0.15) is 0 Å². The molecule has 1 atom stereocenters. The number of nitrogens with one attached hydrogen (secondary N) is 1. The molecule has 1 N–H and O–H groups in total. The second kappa shape index (κ2) is 18.5. The molecule has 4 aromatic carbocycles.